The first-order valence-corrected chi connectivity index (χ1v) is 7.15. The largest absolute Gasteiger partial charge is 0.416 e. The van der Waals surface area contributed by atoms with E-state index in [1.54, 1.807) is 0 Å². The number of hydrogen-bond acceptors (Lipinski definition) is 3. The van der Waals surface area contributed by atoms with Crippen LogP contribution in [0.15, 0.2) is 18.2 Å². The van der Waals surface area contributed by atoms with Gasteiger partial charge in [-0.1, -0.05) is 19.8 Å². The third-order valence-corrected chi connectivity index (χ3v) is 2.96. The molecule has 1 rings (SSSR count). The zero-order chi connectivity index (χ0) is 16.6. The number of carbonyl (C=O) groups excluding carboxylic acids is 1. The maximum Gasteiger partial charge on any atom is 0.416 e. The average Bonchev–Trinajstić information content (AvgIpc) is 2.45. The van der Waals surface area contributed by atoms with Crippen molar-refractivity contribution >= 4 is 24.0 Å². The summed E-state index contributed by atoms with van der Waals surface area (Å²) in [6.07, 6.45) is -1.58. The molecule has 0 aliphatic rings. The van der Waals surface area contributed by atoms with Gasteiger partial charge in [0, 0.05) is 18.8 Å². The van der Waals surface area contributed by atoms with Crippen molar-refractivity contribution < 1.29 is 22.7 Å². The highest BCUT2D eigenvalue weighted by Gasteiger charge is 2.31. The first-order chi connectivity index (χ1) is 10.4. The van der Waals surface area contributed by atoms with Crippen LogP contribution in [-0.2, 0) is 22.3 Å². The van der Waals surface area contributed by atoms with Crippen LogP contribution in [-0.4, -0.2) is 19.1 Å². The van der Waals surface area contributed by atoms with Crippen LogP contribution in [0.2, 0.25) is 0 Å². The molecule has 0 bridgehead atoms. The van der Waals surface area contributed by atoms with Crippen LogP contribution in [0.4, 0.5) is 18.9 Å². The Balaban J connectivity index is 0.00000484. The van der Waals surface area contributed by atoms with Crippen LogP contribution in [0.1, 0.15) is 37.3 Å². The van der Waals surface area contributed by atoms with Crippen LogP contribution < -0.4 is 11.1 Å². The van der Waals surface area contributed by atoms with Gasteiger partial charge in [0.2, 0.25) is 5.91 Å². The number of benzene rings is 1. The minimum atomic E-state index is -4.48. The van der Waals surface area contributed by atoms with E-state index < -0.39 is 17.6 Å². The number of carbonyl (C=O) groups is 1. The predicted molar refractivity (Wildman–Crippen MR) is 85.6 cm³/mol. The lowest BCUT2D eigenvalue weighted by Crippen LogP contribution is -2.19. The van der Waals surface area contributed by atoms with Gasteiger partial charge in [-0.15, -0.1) is 12.4 Å². The number of nitrogens with two attached hydrogens (primary N) is 1. The molecule has 0 radical (unpaired) electrons. The fraction of sp³-hybridized carbons (Fsp3) is 0.533. The maximum absolute atomic E-state index is 12.8. The van der Waals surface area contributed by atoms with E-state index in [2.05, 4.69) is 12.2 Å². The monoisotopic (exact) mass is 354 g/mol. The van der Waals surface area contributed by atoms with E-state index in [0.29, 0.717) is 12.2 Å². The molecule has 23 heavy (non-hydrogen) atoms. The summed E-state index contributed by atoms with van der Waals surface area (Å²) in [5.41, 5.74) is 4.91. The van der Waals surface area contributed by atoms with Crippen LogP contribution in [0.25, 0.3) is 0 Å². The number of hydrogen-bond donors (Lipinski definition) is 2. The highest BCUT2D eigenvalue weighted by Crippen LogP contribution is 2.31. The number of ether oxygens (including phenoxy) is 1. The molecule has 0 aromatic heterocycles. The Kier molecular flexibility index (Phi) is 9.87. The van der Waals surface area contributed by atoms with Crippen LogP contribution >= 0.6 is 12.4 Å². The van der Waals surface area contributed by atoms with Crippen molar-refractivity contribution in [2.45, 2.75) is 38.9 Å². The van der Waals surface area contributed by atoms with Gasteiger partial charge in [0.15, 0.2) is 0 Å². The Labute approximate surface area is 140 Å². The van der Waals surface area contributed by atoms with Gasteiger partial charge in [-0.3, -0.25) is 4.79 Å². The SMILES string of the molecule is CCCCCOCC(=O)Nc1cc(CN)cc(C(F)(F)F)c1.Cl. The highest BCUT2D eigenvalue weighted by molar-refractivity contribution is 5.91. The van der Waals surface area contributed by atoms with Gasteiger partial charge < -0.3 is 15.8 Å². The minimum absolute atomic E-state index is 0. The lowest BCUT2D eigenvalue weighted by atomic mass is 10.1. The van der Waals surface area contributed by atoms with Gasteiger partial charge in [0.1, 0.15) is 6.61 Å². The molecule has 3 N–H and O–H groups in total. The highest BCUT2D eigenvalue weighted by atomic mass is 35.5. The second kappa shape index (κ2) is 10.5. The number of alkyl halides is 3. The molecular formula is C15H22ClF3N2O2. The summed E-state index contributed by atoms with van der Waals surface area (Å²) in [7, 11) is 0. The molecule has 1 amide bonds. The fourth-order valence-corrected chi connectivity index (χ4v) is 1.86. The van der Waals surface area contributed by atoms with Crippen molar-refractivity contribution in [1.29, 1.82) is 0 Å². The van der Waals surface area contributed by atoms with E-state index >= 15 is 0 Å². The number of anilines is 1. The van der Waals surface area contributed by atoms with E-state index in [4.69, 9.17) is 10.5 Å². The zero-order valence-corrected chi connectivity index (χ0v) is 13.7. The minimum Gasteiger partial charge on any atom is -0.372 e. The first-order valence-electron chi connectivity index (χ1n) is 7.15. The Hall–Kier alpha value is -1.31. The molecule has 0 atom stereocenters. The van der Waals surface area contributed by atoms with Crippen molar-refractivity contribution in [3.8, 4) is 0 Å². The molecule has 0 spiro atoms. The molecule has 0 saturated carbocycles. The van der Waals surface area contributed by atoms with Gasteiger partial charge in [-0.2, -0.15) is 13.2 Å². The third-order valence-electron chi connectivity index (χ3n) is 2.96. The molecule has 0 saturated heterocycles. The number of halogens is 4. The smallest absolute Gasteiger partial charge is 0.372 e. The van der Waals surface area contributed by atoms with Gasteiger partial charge in [-0.25, -0.2) is 0 Å². The molecule has 0 fully saturated rings. The van der Waals surface area contributed by atoms with Crippen LogP contribution in [0.5, 0.6) is 0 Å². The average molecular weight is 355 g/mol. The number of rotatable bonds is 8. The molecule has 0 heterocycles. The van der Waals surface area contributed by atoms with Crippen molar-refractivity contribution in [1.82, 2.24) is 0 Å². The molecular weight excluding hydrogens is 333 g/mol. The Morgan fingerprint density at radius 3 is 2.52 bits per heavy atom. The van der Waals surface area contributed by atoms with E-state index in [0.717, 1.165) is 31.4 Å². The molecule has 8 heteroatoms. The first kappa shape index (κ1) is 21.7. The maximum atomic E-state index is 12.8. The van der Waals surface area contributed by atoms with Crippen LogP contribution in [0, 0.1) is 0 Å². The van der Waals surface area contributed by atoms with E-state index in [1.807, 2.05) is 0 Å². The van der Waals surface area contributed by atoms with Crippen molar-refractivity contribution in [2.75, 3.05) is 18.5 Å². The Morgan fingerprint density at radius 1 is 1.26 bits per heavy atom. The molecule has 0 aliphatic carbocycles. The predicted octanol–water partition coefficient (Wildman–Crippen LogP) is 3.73. The summed E-state index contributed by atoms with van der Waals surface area (Å²) >= 11 is 0. The number of amides is 1. The molecule has 1 aromatic rings. The van der Waals surface area contributed by atoms with Crippen molar-refractivity contribution in [3.63, 3.8) is 0 Å². The second-order valence-electron chi connectivity index (χ2n) is 4.93. The van der Waals surface area contributed by atoms with Gasteiger partial charge in [0.05, 0.1) is 5.56 Å². The molecule has 4 nitrogen and oxygen atoms in total. The van der Waals surface area contributed by atoms with Crippen LogP contribution in [0.3, 0.4) is 0 Å². The Morgan fingerprint density at radius 2 is 1.96 bits per heavy atom. The topological polar surface area (TPSA) is 64.3 Å². The zero-order valence-electron chi connectivity index (χ0n) is 12.9. The van der Waals surface area contributed by atoms with E-state index in [-0.39, 0.29) is 31.2 Å². The Bertz CT molecular complexity index is 496. The standard InChI is InChI=1S/C15H21F3N2O2.ClH/c1-2-3-4-5-22-10-14(21)20-13-7-11(9-19)6-12(8-13)15(16,17)18;/h6-8H,2-5,9-10,19H2,1H3,(H,20,21);1H. The second-order valence-corrected chi connectivity index (χ2v) is 4.93. The quantitative estimate of drug-likeness (QED) is 0.699. The molecule has 0 unspecified atom stereocenters. The normalized spacial score (nSPS) is 11.0. The summed E-state index contributed by atoms with van der Waals surface area (Å²) in [5.74, 6) is -0.487. The number of unbranched alkanes of at least 4 members (excludes halogenated alkanes) is 2. The molecule has 0 aliphatic heterocycles. The van der Waals surface area contributed by atoms with E-state index in [9.17, 15) is 18.0 Å². The lowest BCUT2D eigenvalue weighted by Gasteiger charge is -2.12. The van der Waals surface area contributed by atoms with Gasteiger partial charge in [-0.05, 0) is 30.2 Å². The van der Waals surface area contributed by atoms with Crippen molar-refractivity contribution in [3.05, 3.63) is 29.3 Å². The summed E-state index contributed by atoms with van der Waals surface area (Å²) in [5, 5.41) is 2.40. The lowest BCUT2D eigenvalue weighted by molar-refractivity contribution is -0.137. The summed E-state index contributed by atoms with van der Waals surface area (Å²) in [4.78, 5) is 11.7. The third kappa shape index (κ3) is 8.20. The summed E-state index contributed by atoms with van der Waals surface area (Å²) in [6, 6.07) is 3.27. The molecule has 1 aromatic carbocycles. The van der Waals surface area contributed by atoms with Gasteiger partial charge in [0.25, 0.3) is 0 Å². The fourth-order valence-electron chi connectivity index (χ4n) is 1.86. The van der Waals surface area contributed by atoms with Gasteiger partial charge >= 0.3 is 6.18 Å². The van der Waals surface area contributed by atoms with E-state index in [1.165, 1.54) is 6.07 Å². The number of nitrogens with one attached hydrogen (secondary N) is 1. The van der Waals surface area contributed by atoms with Crippen molar-refractivity contribution in [2.24, 2.45) is 5.73 Å². The summed E-state index contributed by atoms with van der Waals surface area (Å²) in [6.45, 7) is 2.28. The summed E-state index contributed by atoms with van der Waals surface area (Å²) < 4.78 is 43.5. The molecule has 132 valence electrons.